The highest BCUT2D eigenvalue weighted by molar-refractivity contribution is 8.04. The molecule has 9 nitrogen and oxygen atoms in total. The molecule has 1 aromatic rings. The molecule has 0 radical (unpaired) electrons. The van der Waals surface area contributed by atoms with Crippen molar-refractivity contribution in [3.63, 3.8) is 0 Å². The van der Waals surface area contributed by atoms with Gasteiger partial charge in [0.1, 0.15) is 0 Å². The minimum absolute atomic E-state index is 0.0194. The fraction of sp³-hybridized carbons (Fsp3) is 0.591. The summed E-state index contributed by atoms with van der Waals surface area (Å²) in [6, 6.07) is 0.894. The van der Waals surface area contributed by atoms with Crippen LogP contribution in [0.15, 0.2) is 23.3 Å². The van der Waals surface area contributed by atoms with Gasteiger partial charge < -0.3 is 10.1 Å². The highest BCUT2D eigenvalue weighted by Crippen LogP contribution is 2.37. The van der Waals surface area contributed by atoms with E-state index in [9.17, 15) is 39.6 Å². The van der Waals surface area contributed by atoms with Gasteiger partial charge in [0.25, 0.3) is 21.0 Å². The number of hydrogen-bond donors (Lipinski definition) is 1. The fourth-order valence-electron chi connectivity index (χ4n) is 4.84. The van der Waals surface area contributed by atoms with Gasteiger partial charge in [-0.25, -0.2) is 8.42 Å². The van der Waals surface area contributed by atoms with Crippen LogP contribution in [0.4, 0.5) is 26.3 Å². The van der Waals surface area contributed by atoms with E-state index in [1.807, 2.05) is 4.90 Å². The summed E-state index contributed by atoms with van der Waals surface area (Å²) in [5.74, 6) is -1.15. The van der Waals surface area contributed by atoms with Crippen molar-refractivity contribution in [1.82, 2.24) is 14.5 Å². The van der Waals surface area contributed by atoms with Gasteiger partial charge in [0.15, 0.2) is 6.72 Å². The molecule has 0 aromatic heterocycles. The quantitative estimate of drug-likeness (QED) is 0.432. The number of amides is 1. The molecule has 3 aliphatic heterocycles. The van der Waals surface area contributed by atoms with Crippen LogP contribution in [-0.2, 0) is 27.1 Å². The number of benzene rings is 1. The van der Waals surface area contributed by atoms with Gasteiger partial charge in [-0.05, 0) is 31.0 Å². The molecule has 1 N–H and O–H groups in total. The third-order valence-corrected chi connectivity index (χ3v) is 8.87. The van der Waals surface area contributed by atoms with Crippen molar-refractivity contribution < 1.29 is 49.0 Å². The monoisotopic (exact) mass is 570 g/mol. The van der Waals surface area contributed by atoms with Gasteiger partial charge in [0.2, 0.25) is 6.54 Å². The Morgan fingerprint density at radius 2 is 1.68 bits per heavy atom. The van der Waals surface area contributed by atoms with Crippen LogP contribution >= 0.6 is 0 Å². The van der Waals surface area contributed by atoms with Crippen LogP contribution in [0, 0.1) is 0 Å². The zero-order valence-electron chi connectivity index (χ0n) is 20.1. The molecule has 2 saturated heterocycles. The molecule has 0 bridgehead atoms. The number of sulfonamides is 1. The van der Waals surface area contributed by atoms with Crippen molar-refractivity contribution in [2.24, 2.45) is 5.10 Å². The number of alkyl halides is 6. The third-order valence-electron chi connectivity index (χ3n) is 7.02. The second-order valence-corrected chi connectivity index (χ2v) is 11.3. The summed E-state index contributed by atoms with van der Waals surface area (Å²) in [5.41, 5.74) is -4.83. The Morgan fingerprint density at radius 1 is 1.08 bits per heavy atom. The summed E-state index contributed by atoms with van der Waals surface area (Å²) in [5, 5.41) is 6.30. The van der Waals surface area contributed by atoms with Gasteiger partial charge in [-0.1, -0.05) is 4.68 Å². The van der Waals surface area contributed by atoms with Gasteiger partial charge in [-0.2, -0.15) is 30.6 Å². The lowest BCUT2D eigenvalue weighted by Crippen LogP contribution is -2.64. The minimum atomic E-state index is -5.18. The number of carbonyl (C=O) groups excluding carboxylic acids is 1. The zero-order valence-corrected chi connectivity index (χ0v) is 20.9. The van der Waals surface area contributed by atoms with Crippen LogP contribution in [0.2, 0.25) is 0 Å². The van der Waals surface area contributed by atoms with Crippen molar-refractivity contribution >= 4 is 27.7 Å². The van der Waals surface area contributed by atoms with E-state index in [0.29, 0.717) is 51.3 Å². The third kappa shape index (κ3) is 5.72. The molecule has 4 rings (SSSR count). The van der Waals surface area contributed by atoms with E-state index < -0.39 is 50.5 Å². The van der Waals surface area contributed by atoms with Crippen molar-refractivity contribution in [3.05, 3.63) is 34.9 Å². The summed E-state index contributed by atoms with van der Waals surface area (Å²) in [6.07, 6.45) is -9.35. The molecule has 0 saturated carbocycles. The second kappa shape index (κ2) is 10.2. The largest absolute Gasteiger partial charge is 0.417 e. The van der Waals surface area contributed by atoms with Crippen molar-refractivity contribution in [2.75, 3.05) is 52.5 Å². The summed E-state index contributed by atoms with van der Waals surface area (Å²) >= 11 is 0. The number of hydrazone groups is 1. The number of piperazine rings is 1. The molecule has 0 spiro atoms. The predicted molar refractivity (Wildman–Crippen MR) is 123 cm³/mol. The van der Waals surface area contributed by atoms with E-state index in [1.54, 1.807) is 0 Å². The minimum Gasteiger partial charge on any atom is -0.381 e. The standard InChI is InChI=1S/C22H25F6N5O4S/c1-31-13-18(30-31)38(35,36)33-8-6-32(7-9-33)20(4-10-37-11-5-20)14-29-19(34)16-3-2-15(21(23,24)25)12-17(16)22(26,27)28/h2-3,12H,1,4-11,13-14H2/p+1. The highest BCUT2D eigenvalue weighted by atomic mass is 32.2. The maximum absolute atomic E-state index is 13.5. The van der Waals surface area contributed by atoms with Crippen LogP contribution in [0.3, 0.4) is 0 Å². The van der Waals surface area contributed by atoms with Gasteiger partial charge in [0, 0.05) is 56.6 Å². The normalized spacial score (nSPS) is 21.5. The average Bonchev–Trinajstić information content (AvgIpc) is 2.84. The molecule has 0 atom stereocenters. The summed E-state index contributed by atoms with van der Waals surface area (Å²) < 4.78 is 113. The Labute approximate surface area is 214 Å². The fourth-order valence-corrected chi connectivity index (χ4v) is 6.31. The first kappa shape index (κ1) is 28.4. The van der Waals surface area contributed by atoms with Crippen LogP contribution < -0.4 is 5.32 Å². The first-order valence-electron chi connectivity index (χ1n) is 11.7. The topological polar surface area (TPSA) is 94.3 Å². The lowest BCUT2D eigenvalue weighted by atomic mass is 9.87. The SMILES string of the molecule is C=[N+]1CC(S(=O)(=O)N2CCN(C3(CNC(=O)c4ccc(C(F)(F)F)cc4C(F)(F)F)CCOCC3)CC2)=N1. The van der Waals surface area contributed by atoms with E-state index in [0.717, 1.165) is 0 Å². The number of ether oxygens (including phenoxy) is 1. The van der Waals surface area contributed by atoms with Crippen LogP contribution in [0.5, 0.6) is 0 Å². The lowest BCUT2D eigenvalue weighted by molar-refractivity contribution is -0.532. The summed E-state index contributed by atoms with van der Waals surface area (Å²) in [4.78, 5) is 14.8. The van der Waals surface area contributed by atoms with Gasteiger partial charge >= 0.3 is 12.4 Å². The lowest BCUT2D eigenvalue weighted by Gasteiger charge is -2.49. The first-order valence-corrected chi connectivity index (χ1v) is 13.1. The molecule has 1 aromatic carbocycles. The Bertz CT molecular complexity index is 1230. The Balaban J connectivity index is 1.49. The maximum atomic E-state index is 13.5. The van der Waals surface area contributed by atoms with Crippen molar-refractivity contribution in [1.29, 1.82) is 0 Å². The molecular formula is C22H26F6N5O4S+. The van der Waals surface area contributed by atoms with Crippen LogP contribution in [-0.4, -0.2) is 98.0 Å². The van der Waals surface area contributed by atoms with E-state index in [-0.39, 0.29) is 37.3 Å². The molecular weight excluding hydrogens is 544 g/mol. The molecule has 1 amide bonds. The molecule has 38 heavy (non-hydrogen) atoms. The number of nitrogens with zero attached hydrogens (tertiary/aromatic N) is 4. The molecule has 0 aliphatic carbocycles. The Kier molecular flexibility index (Phi) is 7.64. The predicted octanol–water partition coefficient (Wildman–Crippen LogP) is 1.99. The second-order valence-electron chi connectivity index (χ2n) is 9.32. The van der Waals surface area contributed by atoms with Crippen molar-refractivity contribution in [3.8, 4) is 0 Å². The van der Waals surface area contributed by atoms with E-state index >= 15 is 0 Å². The number of carbonyl (C=O) groups is 1. The van der Waals surface area contributed by atoms with Crippen molar-refractivity contribution in [2.45, 2.75) is 30.7 Å². The summed E-state index contributed by atoms with van der Waals surface area (Å²) in [6.45, 7) is 5.06. The number of rotatable bonds is 5. The highest BCUT2D eigenvalue weighted by Gasteiger charge is 2.45. The molecule has 2 fully saturated rings. The van der Waals surface area contributed by atoms with Crippen LogP contribution in [0.25, 0.3) is 0 Å². The number of halogens is 6. The molecule has 16 heteroatoms. The first-order chi connectivity index (χ1) is 17.6. The van der Waals surface area contributed by atoms with Gasteiger partial charge in [0.05, 0.1) is 16.7 Å². The molecule has 3 aliphatic rings. The number of nitrogens with one attached hydrogen (secondary N) is 1. The van der Waals surface area contributed by atoms with E-state index in [1.165, 1.54) is 8.99 Å². The maximum Gasteiger partial charge on any atom is 0.417 e. The smallest absolute Gasteiger partial charge is 0.381 e. The van der Waals surface area contributed by atoms with Gasteiger partial charge in [-0.3, -0.25) is 9.69 Å². The van der Waals surface area contributed by atoms with E-state index in [4.69, 9.17) is 4.74 Å². The van der Waals surface area contributed by atoms with Crippen LogP contribution in [0.1, 0.15) is 34.3 Å². The number of hydrogen-bond acceptors (Lipinski definition) is 6. The van der Waals surface area contributed by atoms with E-state index in [2.05, 4.69) is 17.1 Å². The Morgan fingerprint density at radius 3 is 2.21 bits per heavy atom. The zero-order chi connectivity index (χ0) is 27.9. The average molecular weight is 571 g/mol. The molecule has 0 unspecified atom stereocenters. The molecule has 210 valence electrons. The summed E-state index contributed by atoms with van der Waals surface area (Å²) in [7, 11) is -3.73. The Hall–Kier alpha value is -2.56. The molecule has 3 heterocycles. The van der Waals surface area contributed by atoms with Gasteiger partial charge in [-0.15, -0.1) is 0 Å².